The van der Waals surface area contributed by atoms with E-state index in [1.165, 1.54) is 25.7 Å². The summed E-state index contributed by atoms with van der Waals surface area (Å²) in [6, 6.07) is 0. The highest BCUT2D eigenvalue weighted by Crippen LogP contribution is 2.19. The molecule has 3 heterocycles. The number of aromatic nitrogens is 3. The molecule has 2 fully saturated rings. The summed E-state index contributed by atoms with van der Waals surface area (Å²) in [6.07, 6.45) is 7.70. The van der Waals surface area contributed by atoms with Crippen LogP contribution in [0.3, 0.4) is 0 Å². The Morgan fingerprint density at radius 3 is 1.62 bits per heavy atom. The molecule has 0 amide bonds. The molecule has 0 aromatic carbocycles. The van der Waals surface area contributed by atoms with Crippen LogP contribution in [-0.2, 0) is 0 Å². The van der Waals surface area contributed by atoms with E-state index in [0.29, 0.717) is 0 Å². The number of rotatable bonds is 2. The normalized spacial score (nSPS) is 20.8. The van der Waals surface area contributed by atoms with Gasteiger partial charge in [0.2, 0.25) is 18.2 Å². The van der Waals surface area contributed by atoms with Crippen molar-refractivity contribution in [2.45, 2.75) is 25.7 Å². The first-order valence-corrected chi connectivity index (χ1v) is 6.05. The Hall–Kier alpha value is -1.39. The van der Waals surface area contributed by atoms with Crippen molar-refractivity contribution >= 4 is 11.9 Å². The van der Waals surface area contributed by atoms with Crippen molar-refractivity contribution in [1.29, 1.82) is 0 Å². The van der Waals surface area contributed by atoms with E-state index in [0.717, 1.165) is 38.1 Å². The van der Waals surface area contributed by atoms with Gasteiger partial charge in [0.05, 0.1) is 0 Å². The molecule has 0 unspecified atom stereocenters. The van der Waals surface area contributed by atoms with E-state index in [-0.39, 0.29) is 0 Å². The fraction of sp³-hybridized carbons (Fsp3) is 0.727. The van der Waals surface area contributed by atoms with Crippen molar-refractivity contribution in [2.24, 2.45) is 0 Å². The maximum Gasteiger partial charge on any atom is 0.230 e. The lowest BCUT2D eigenvalue weighted by molar-refractivity contribution is 0.834. The molecule has 0 atom stereocenters. The van der Waals surface area contributed by atoms with Gasteiger partial charge in [0.15, 0.2) is 0 Å². The van der Waals surface area contributed by atoms with E-state index in [1.54, 1.807) is 0 Å². The molecule has 0 N–H and O–H groups in total. The second-order valence-corrected chi connectivity index (χ2v) is 4.42. The lowest BCUT2D eigenvalue weighted by Crippen LogP contribution is -2.25. The minimum absolute atomic E-state index is 0.800. The summed E-state index contributed by atoms with van der Waals surface area (Å²) in [5, 5.41) is 0. The van der Waals surface area contributed by atoms with Crippen LogP contribution in [0.4, 0.5) is 11.9 Å². The smallest absolute Gasteiger partial charge is 0.230 e. The van der Waals surface area contributed by atoms with Gasteiger partial charge in [-0.25, -0.2) is 0 Å². The van der Waals surface area contributed by atoms with Crippen LogP contribution in [0.2, 0.25) is 0 Å². The van der Waals surface area contributed by atoms with Gasteiger partial charge >= 0.3 is 0 Å². The summed E-state index contributed by atoms with van der Waals surface area (Å²) in [7, 11) is 0. The Morgan fingerprint density at radius 1 is 0.750 bits per heavy atom. The van der Waals surface area contributed by atoms with Crippen molar-refractivity contribution in [2.75, 3.05) is 36.0 Å². The highest BCUT2D eigenvalue weighted by atomic mass is 15.3. The minimum Gasteiger partial charge on any atom is -0.341 e. The molecular formula is C11H16N5. The molecule has 5 nitrogen and oxygen atoms in total. The van der Waals surface area contributed by atoms with Crippen molar-refractivity contribution in [3.05, 3.63) is 6.33 Å². The van der Waals surface area contributed by atoms with Crippen LogP contribution < -0.4 is 9.80 Å². The Bertz CT molecular complexity index is 324. The molecular weight excluding hydrogens is 202 g/mol. The number of hydrogen-bond donors (Lipinski definition) is 0. The average Bonchev–Trinajstić information content (AvgIpc) is 3.03. The maximum absolute atomic E-state index is 4.54. The van der Waals surface area contributed by atoms with Crippen molar-refractivity contribution in [3.63, 3.8) is 0 Å². The summed E-state index contributed by atoms with van der Waals surface area (Å²) >= 11 is 0. The van der Waals surface area contributed by atoms with E-state index < -0.39 is 0 Å². The van der Waals surface area contributed by atoms with Gasteiger partial charge in [0.25, 0.3) is 0 Å². The van der Waals surface area contributed by atoms with E-state index in [9.17, 15) is 0 Å². The van der Waals surface area contributed by atoms with Gasteiger partial charge in [-0.3, -0.25) is 0 Å². The second kappa shape index (κ2) is 4.23. The molecule has 0 bridgehead atoms. The third-order valence-corrected chi connectivity index (χ3v) is 3.28. The minimum atomic E-state index is 0.800. The fourth-order valence-electron chi connectivity index (χ4n) is 2.37. The van der Waals surface area contributed by atoms with Crippen LogP contribution in [0, 0.1) is 6.33 Å². The molecule has 2 aliphatic heterocycles. The molecule has 5 heteroatoms. The molecule has 2 aliphatic rings. The number of anilines is 2. The fourth-order valence-corrected chi connectivity index (χ4v) is 2.37. The average molecular weight is 218 g/mol. The van der Waals surface area contributed by atoms with Gasteiger partial charge in [-0.05, 0) is 25.7 Å². The summed E-state index contributed by atoms with van der Waals surface area (Å²) in [5.41, 5.74) is 0. The topological polar surface area (TPSA) is 45.2 Å². The molecule has 0 saturated carbocycles. The largest absolute Gasteiger partial charge is 0.341 e. The summed E-state index contributed by atoms with van der Waals surface area (Å²) in [4.78, 5) is 17.3. The molecule has 2 saturated heterocycles. The zero-order chi connectivity index (χ0) is 10.8. The lowest BCUT2D eigenvalue weighted by atomic mass is 10.4. The van der Waals surface area contributed by atoms with E-state index >= 15 is 0 Å². The van der Waals surface area contributed by atoms with E-state index in [4.69, 9.17) is 0 Å². The van der Waals surface area contributed by atoms with Crippen LogP contribution in [-0.4, -0.2) is 41.1 Å². The quantitative estimate of drug-likeness (QED) is 0.737. The monoisotopic (exact) mass is 218 g/mol. The highest BCUT2D eigenvalue weighted by molar-refractivity contribution is 5.38. The molecule has 3 rings (SSSR count). The summed E-state index contributed by atoms with van der Waals surface area (Å²) in [6.45, 7) is 4.27. The third-order valence-electron chi connectivity index (χ3n) is 3.28. The van der Waals surface area contributed by atoms with E-state index in [2.05, 4.69) is 31.1 Å². The van der Waals surface area contributed by atoms with Crippen molar-refractivity contribution < 1.29 is 0 Å². The predicted octanol–water partition coefficient (Wildman–Crippen LogP) is 0.872. The summed E-state index contributed by atoms with van der Waals surface area (Å²) in [5.74, 6) is 1.60. The first-order chi connectivity index (χ1) is 7.93. The van der Waals surface area contributed by atoms with Crippen LogP contribution in [0.1, 0.15) is 25.7 Å². The first-order valence-electron chi connectivity index (χ1n) is 6.05. The maximum atomic E-state index is 4.54. The van der Waals surface area contributed by atoms with Gasteiger partial charge in [-0.15, -0.1) is 0 Å². The lowest BCUT2D eigenvalue weighted by Gasteiger charge is -2.18. The number of hydrogen-bond acceptors (Lipinski definition) is 5. The van der Waals surface area contributed by atoms with Gasteiger partial charge in [0.1, 0.15) is 0 Å². The Labute approximate surface area is 95.5 Å². The highest BCUT2D eigenvalue weighted by Gasteiger charge is 2.19. The van der Waals surface area contributed by atoms with Crippen molar-refractivity contribution in [1.82, 2.24) is 15.0 Å². The summed E-state index contributed by atoms with van der Waals surface area (Å²) < 4.78 is 0. The van der Waals surface area contributed by atoms with Crippen LogP contribution in [0.5, 0.6) is 0 Å². The molecule has 1 aromatic heterocycles. The molecule has 85 valence electrons. The van der Waals surface area contributed by atoms with Gasteiger partial charge in [-0.1, -0.05) is 0 Å². The van der Waals surface area contributed by atoms with Crippen molar-refractivity contribution in [3.8, 4) is 0 Å². The zero-order valence-electron chi connectivity index (χ0n) is 9.39. The molecule has 16 heavy (non-hydrogen) atoms. The van der Waals surface area contributed by atoms with Crippen LogP contribution in [0.15, 0.2) is 0 Å². The van der Waals surface area contributed by atoms with Gasteiger partial charge in [-0.2, -0.15) is 15.0 Å². The Balaban J connectivity index is 1.81. The third kappa shape index (κ3) is 1.81. The van der Waals surface area contributed by atoms with Gasteiger partial charge in [0, 0.05) is 26.2 Å². The first kappa shape index (κ1) is 9.81. The zero-order valence-corrected chi connectivity index (χ0v) is 9.39. The number of nitrogens with zero attached hydrogens (tertiary/aromatic N) is 5. The molecule has 1 radical (unpaired) electrons. The standard InChI is InChI=1S/C11H16N5/c1-2-6-15(5-1)10-12-9-13-11(14-10)16-7-3-4-8-16/h1-8H2. The molecule has 1 aromatic rings. The second-order valence-electron chi connectivity index (χ2n) is 4.42. The predicted molar refractivity (Wildman–Crippen MR) is 61.6 cm³/mol. The van der Waals surface area contributed by atoms with Crippen LogP contribution >= 0.6 is 0 Å². The van der Waals surface area contributed by atoms with E-state index in [1.807, 2.05) is 0 Å². The van der Waals surface area contributed by atoms with Gasteiger partial charge < -0.3 is 9.80 Å². The van der Waals surface area contributed by atoms with Crippen LogP contribution in [0.25, 0.3) is 0 Å². The Morgan fingerprint density at radius 2 is 1.19 bits per heavy atom. The molecule has 0 spiro atoms. The Kier molecular flexibility index (Phi) is 2.60. The SMILES string of the molecule is [c]1nc(N2CCCC2)nc(N2CCCC2)n1. The molecule has 0 aliphatic carbocycles.